The largest absolute Gasteiger partial charge is 0.480 e. The van der Waals surface area contributed by atoms with Crippen LogP contribution in [-0.2, 0) is 14.3 Å². The number of aromatic nitrogens is 1. The second-order valence-corrected chi connectivity index (χ2v) is 8.95. The molecule has 7 nitrogen and oxygen atoms in total. The SMILES string of the molecule is CC(=O)N(c1ccccc1)C(C)C(=O)O.Clc1ccc([C@H](OC2CCNCC2)c2ccccn2)cc1. The Kier molecular flexibility index (Phi) is 10.4. The van der Waals surface area contributed by atoms with Gasteiger partial charge in [-0.3, -0.25) is 14.7 Å². The van der Waals surface area contributed by atoms with Gasteiger partial charge in [0.15, 0.2) is 0 Å². The standard InChI is InChI=1S/C17H19ClN2O.C11H13NO3/c18-14-6-4-13(5-7-14)17(16-3-1-2-10-20-16)21-15-8-11-19-12-9-15;1-8(11(14)15)12(9(2)13)10-6-4-3-5-7-10/h1-7,10,15,17,19H,8-9,11-12H2;3-8H,1-2H3,(H,14,15)/t17-;/m0./s1. The Morgan fingerprint density at radius 2 is 1.67 bits per heavy atom. The molecule has 0 radical (unpaired) electrons. The number of amides is 1. The van der Waals surface area contributed by atoms with E-state index in [0.29, 0.717) is 5.69 Å². The average Bonchev–Trinajstić information content (AvgIpc) is 2.90. The maximum absolute atomic E-state index is 11.4. The molecule has 0 saturated carbocycles. The van der Waals surface area contributed by atoms with E-state index in [1.54, 1.807) is 24.3 Å². The lowest BCUT2D eigenvalue weighted by Crippen LogP contribution is -2.42. The number of halogens is 1. The van der Waals surface area contributed by atoms with Crippen molar-refractivity contribution in [2.45, 2.75) is 44.9 Å². The Balaban J connectivity index is 0.000000214. The van der Waals surface area contributed by atoms with Crippen LogP contribution in [0.3, 0.4) is 0 Å². The van der Waals surface area contributed by atoms with Crippen LogP contribution in [0.1, 0.15) is 44.1 Å². The lowest BCUT2D eigenvalue weighted by Gasteiger charge is -2.28. The summed E-state index contributed by atoms with van der Waals surface area (Å²) in [6, 6.07) is 21.7. The van der Waals surface area contributed by atoms with Crippen LogP contribution in [0.25, 0.3) is 0 Å². The van der Waals surface area contributed by atoms with Crippen molar-refractivity contribution in [2.24, 2.45) is 0 Å². The van der Waals surface area contributed by atoms with Crippen LogP contribution in [0, 0.1) is 0 Å². The highest BCUT2D eigenvalue weighted by Crippen LogP contribution is 2.29. The van der Waals surface area contributed by atoms with Gasteiger partial charge in [0, 0.05) is 23.8 Å². The molecule has 1 aromatic heterocycles. The quantitative estimate of drug-likeness (QED) is 0.460. The van der Waals surface area contributed by atoms with Gasteiger partial charge < -0.3 is 15.2 Å². The van der Waals surface area contributed by atoms with Gasteiger partial charge in [-0.25, -0.2) is 4.79 Å². The summed E-state index contributed by atoms with van der Waals surface area (Å²) < 4.78 is 6.36. The van der Waals surface area contributed by atoms with E-state index in [0.717, 1.165) is 42.2 Å². The molecule has 2 aromatic carbocycles. The summed E-state index contributed by atoms with van der Waals surface area (Å²) in [7, 11) is 0. The summed E-state index contributed by atoms with van der Waals surface area (Å²) in [6.45, 7) is 4.86. The third-order valence-corrected chi connectivity index (χ3v) is 6.11. The Morgan fingerprint density at radius 3 is 2.22 bits per heavy atom. The van der Waals surface area contributed by atoms with Crippen molar-refractivity contribution < 1.29 is 19.4 Å². The molecular weight excluding hydrogens is 478 g/mol. The fourth-order valence-corrected chi connectivity index (χ4v) is 4.11. The van der Waals surface area contributed by atoms with Gasteiger partial charge in [0.1, 0.15) is 12.1 Å². The van der Waals surface area contributed by atoms with Crippen molar-refractivity contribution in [3.05, 3.63) is 95.3 Å². The summed E-state index contributed by atoms with van der Waals surface area (Å²) in [5, 5.41) is 13.0. The number of rotatable bonds is 7. The van der Waals surface area contributed by atoms with Gasteiger partial charge >= 0.3 is 5.97 Å². The van der Waals surface area contributed by atoms with E-state index in [2.05, 4.69) is 10.3 Å². The highest BCUT2D eigenvalue weighted by Gasteiger charge is 2.24. The van der Waals surface area contributed by atoms with Gasteiger partial charge in [-0.1, -0.05) is 48.0 Å². The number of piperidine rings is 1. The molecule has 190 valence electrons. The Bertz CT molecular complexity index is 1090. The minimum absolute atomic E-state index is 0.133. The van der Waals surface area contributed by atoms with Crippen molar-refractivity contribution >= 4 is 29.2 Å². The van der Waals surface area contributed by atoms with E-state index in [1.807, 2.05) is 54.7 Å². The summed E-state index contributed by atoms with van der Waals surface area (Å²) >= 11 is 5.99. The van der Waals surface area contributed by atoms with Crippen LogP contribution in [0.15, 0.2) is 79.0 Å². The van der Waals surface area contributed by atoms with Crippen molar-refractivity contribution in [3.63, 3.8) is 0 Å². The van der Waals surface area contributed by atoms with Crippen LogP contribution in [0.5, 0.6) is 0 Å². The second-order valence-electron chi connectivity index (χ2n) is 8.51. The number of carbonyl (C=O) groups is 2. The molecule has 0 spiro atoms. The molecule has 1 unspecified atom stereocenters. The van der Waals surface area contributed by atoms with Gasteiger partial charge in [0.05, 0.1) is 11.8 Å². The van der Waals surface area contributed by atoms with Gasteiger partial charge in [-0.05, 0) is 74.8 Å². The number of carbonyl (C=O) groups excluding carboxylic acids is 1. The van der Waals surface area contributed by atoms with Gasteiger partial charge in [-0.15, -0.1) is 0 Å². The van der Waals surface area contributed by atoms with Crippen LogP contribution < -0.4 is 10.2 Å². The minimum atomic E-state index is -1.02. The average molecular weight is 510 g/mol. The predicted octanol–water partition coefficient (Wildman–Crippen LogP) is 5.11. The molecule has 8 heteroatoms. The maximum atomic E-state index is 11.4. The molecule has 2 N–H and O–H groups in total. The Hall–Kier alpha value is -3.26. The molecule has 1 amide bonds. The van der Waals surface area contributed by atoms with E-state index in [4.69, 9.17) is 21.4 Å². The van der Waals surface area contributed by atoms with Gasteiger partial charge in [0.25, 0.3) is 0 Å². The first-order valence-electron chi connectivity index (χ1n) is 12.0. The van der Waals surface area contributed by atoms with E-state index in [9.17, 15) is 9.59 Å². The molecule has 1 aliphatic rings. The predicted molar refractivity (Wildman–Crippen MR) is 141 cm³/mol. The Labute approximate surface area is 217 Å². The first-order valence-corrected chi connectivity index (χ1v) is 12.3. The molecule has 1 aliphatic heterocycles. The summed E-state index contributed by atoms with van der Waals surface area (Å²) in [5.41, 5.74) is 2.63. The number of carboxylic acids is 1. The highest BCUT2D eigenvalue weighted by atomic mass is 35.5. The summed E-state index contributed by atoms with van der Waals surface area (Å²) in [4.78, 5) is 27.9. The van der Waals surface area contributed by atoms with E-state index >= 15 is 0 Å². The lowest BCUT2D eigenvalue weighted by molar-refractivity contribution is -0.139. The molecule has 1 saturated heterocycles. The van der Waals surface area contributed by atoms with E-state index < -0.39 is 12.0 Å². The number of nitrogens with one attached hydrogen (secondary N) is 1. The number of pyridine rings is 1. The number of anilines is 1. The van der Waals surface area contributed by atoms with Crippen molar-refractivity contribution in [1.82, 2.24) is 10.3 Å². The van der Waals surface area contributed by atoms with Crippen LogP contribution >= 0.6 is 11.6 Å². The minimum Gasteiger partial charge on any atom is -0.480 e. The normalized spacial score (nSPS) is 15.2. The van der Waals surface area contributed by atoms with Gasteiger partial charge in [-0.2, -0.15) is 0 Å². The molecule has 4 rings (SSSR count). The van der Waals surface area contributed by atoms with Gasteiger partial charge in [0.2, 0.25) is 5.91 Å². The zero-order chi connectivity index (χ0) is 25.9. The molecule has 36 heavy (non-hydrogen) atoms. The molecule has 2 atom stereocenters. The molecule has 2 heterocycles. The fraction of sp³-hybridized carbons (Fsp3) is 0.321. The monoisotopic (exact) mass is 509 g/mol. The lowest BCUT2D eigenvalue weighted by atomic mass is 10.0. The van der Waals surface area contributed by atoms with Crippen molar-refractivity contribution in [3.8, 4) is 0 Å². The third kappa shape index (κ3) is 7.88. The first-order chi connectivity index (χ1) is 17.4. The Morgan fingerprint density at radius 1 is 1.03 bits per heavy atom. The summed E-state index contributed by atoms with van der Waals surface area (Å²) in [5.74, 6) is -1.30. The number of ether oxygens (including phenoxy) is 1. The maximum Gasteiger partial charge on any atom is 0.326 e. The number of hydrogen-bond donors (Lipinski definition) is 2. The van der Waals surface area contributed by atoms with Crippen LogP contribution in [-0.4, -0.2) is 47.2 Å². The third-order valence-electron chi connectivity index (χ3n) is 5.86. The zero-order valence-corrected chi connectivity index (χ0v) is 21.3. The molecular formula is C28H32ClN3O4. The van der Waals surface area contributed by atoms with Crippen molar-refractivity contribution in [1.29, 1.82) is 0 Å². The number of benzene rings is 2. The topological polar surface area (TPSA) is 91.8 Å². The van der Waals surface area contributed by atoms with E-state index in [1.165, 1.54) is 18.7 Å². The number of nitrogens with zero attached hydrogens (tertiary/aromatic N) is 2. The number of para-hydroxylation sites is 1. The van der Waals surface area contributed by atoms with Crippen LogP contribution in [0.2, 0.25) is 5.02 Å². The summed E-state index contributed by atoms with van der Waals surface area (Å²) in [6.07, 6.45) is 4.03. The fourth-order valence-electron chi connectivity index (χ4n) is 3.99. The van der Waals surface area contributed by atoms with Crippen molar-refractivity contribution in [2.75, 3.05) is 18.0 Å². The number of aliphatic carboxylic acids is 1. The van der Waals surface area contributed by atoms with Crippen LogP contribution in [0.4, 0.5) is 5.69 Å². The second kappa shape index (κ2) is 13.7. The van der Waals surface area contributed by atoms with E-state index in [-0.39, 0.29) is 18.1 Å². The number of hydrogen-bond acceptors (Lipinski definition) is 5. The molecule has 1 fully saturated rings. The molecule has 0 aliphatic carbocycles. The smallest absolute Gasteiger partial charge is 0.326 e. The first kappa shape index (κ1) is 27.3. The number of carboxylic acid groups (broad SMARTS) is 1. The zero-order valence-electron chi connectivity index (χ0n) is 20.5. The molecule has 0 bridgehead atoms. The highest BCUT2D eigenvalue weighted by molar-refractivity contribution is 6.30. The molecule has 3 aromatic rings.